The maximum Gasteiger partial charge on any atom is 0.254 e. The van der Waals surface area contributed by atoms with Crippen LogP contribution in [0.5, 0.6) is 5.88 Å². The SMILES string of the molecule is C=C/C(=C\C)COc1cc2n(n1)CCN(C(=O)c1cc(F)cc(C#N)c1)C2. The summed E-state index contributed by atoms with van der Waals surface area (Å²) in [6.45, 7) is 7.30. The van der Waals surface area contributed by atoms with Crippen LogP contribution >= 0.6 is 0 Å². The van der Waals surface area contributed by atoms with Gasteiger partial charge in [0.15, 0.2) is 0 Å². The summed E-state index contributed by atoms with van der Waals surface area (Å²) in [4.78, 5) is 14.3. The van der Waals surface area contributed by atoms with Crippen LogP contribution in [0.25, 0.3) is 0 Å². The number of hydrogen-bond acceptors (Lipinski definition) is 4. The maximum atomic E-state index is 13.6. The van der Waals surface area contributed by atoms with Gasteiger partial charge in [-0.25, -0.2) is 4.39 Å². The van der Waals surface area contributed by atoms with Crippen molar-refractivity contribution < 1.29 is 13.9 Å². The number of hydrogen-bond donors (Lipinski definition) is 0. The van der Waals surface area contributed by atoms with Crippen LogP contribution in [0.4, 0.5) is 4.39 Å². The van der Waals surface area contributed by atoms with Crippen molar-refractivity contribution in [3.8, 4) is 11.9 Å². The molecule has 1 aliphatic rings. The number of amides is 1. The molecule has 0 unspecified atom stereocenters. The van der Waals surface area contributed by atoms with Crippen LogP contribution in [0.15, 0.2) is 48.6 Å². The summed E-state index contributed by atoms with van der Waals surface area (Å²) < 4.78 is 21.1. The molecule has 1 amide bonds. The Morgan fingerprint density at radius 1 is 1.41 bits per heavy atom. The number of halogens is 1. The highest BCUT2D eigenvalue weighted by Gasteiger charge is 2.24. The fraction of sp³-hybridized carbons (Fsp3) is 0.250. The largest absolute Gasteiger partial charge is 0.472 e. The topological polar surface area (TPSA) is 71.2 Å². The van der Waals surface area contributed by atoms with Crippen molar-refractivity contribution in [3.63, 3.8) is 0 Å². The summed E-state index contributed by atoms with van der Waals surface area (Å²) in [7, 11) is 0. The lowest BCUT2D eigenvalue weighted by molar-refractivity contribution is 0.0705. The van der Waals surface area contributed by atoms with Crippen molar-refractivity contribution in [1.82, 2.24) is 14.7 Å². The Balaban J connectivity index is 1.73. The van der Waals surface area contributed by atoms with Crippen LogP contribution in [0.3, 0.4) is 0 Å². The van der Waals surface area contributed by atoms with Gasteiger partial charge in [0.05, 0.1) is 30.4 Å². The normalized spacial score (nSPS) is 13.7. The van der Waals surface area contributed by atoms with Crippen LogP contribution in [0, 0.1) is 17.1 Å². The molecule has 7 heteroatoms. The molecule has 27 heavy (non-hydrogen) atoms. The molecule has 0 bridgehead atoms. The number of rotatable bonds is 5. The van der Waals surface area contributed by atoms with E-state index in [4.69, 9.17) is 10.00 Å². The molecule has 3 rings (SSSR count). The smallest absolute Gasteiger partial charge is 0.254 e. The van der Waals surface area contributed by atoms with Gasteiger partial charge in [0.2, 0.25) is 5.88 Å². The number of fused-ring (bicyclic) bond motifs is 1. The van der Waals surface area contributed by atoms with E-state index < -0.39 is 5.82 Å². The Morgan fingerprint density at radius 2 is 2.22 bits per heavy atom. The zero-order chi connectivity index (χ0) is 19.4. The van der Waals surface area contributed by atoms with Crippen LogP contribution in [0.1, 0.15) is 28.5 Å². The molecule has 0 N–H and O–H groups in total. The van der Waals surface area contributed by atoms with Gasteiger partial charge in [0.1, 0.15) is 12.4 Å². The van der Waals surface area contributed by atoms with E-state index in [-0.39, 0.29) is 17.0 Å². The Labute approximate surface area is 156 Å². The monoisotopic (exact) mass is 366 g/mol. The van der Waals surface area contributed by atoms with E-state index in [0.717, 1.165) is 23.4 Å². The molecule has 1 aliphatic heterocycles. The van der Waals surface area contributed by atoms with E-state index in [1.165, 1.54) is 6.07 Å². The second kappa shape index (κ2) is 7.87. The van der Waals surface area contributed by atoms with Gasteiger partial charge in [-0.3, -0.25) is 9.48 Å². The van der Waals surface area contributed by atoms with Gasteiger partial charge in [-0.15, -0.1) is 5.10 Å². The molecule has 2 aromatic rings. The first-order chi connectivity index (χ1) is 13.0. The molecular formula is C20H19FN4O2. The third kappa shape index (κ3) is 4.06. The number of nitriles is 1. The predicted octanol–water partition coefficient (Wildman–Crippen LogP) is 3.06. The van der Waals surface area contributed by atoms with Crippen LogP contribution in [-0.2, 0) is 13.1 Å². The number of aromatic nitrogens is 2. The Kier molecular flexibility index (Phi) is 5.36. The molecule has 0 atom stereocenters. The molecule has 0 aliphatic carbocycles. The second-order valence-electron chi connectivity index (χ2n) is 6.12. The Morgan fingerprint density at radius 3 is 2.93 bits per heavy atom. The molecule has 2 heterocycles. The number of carbonyl (C=O) groups excluding carboxylic acids is 1. The minimum Gasteiger partial charge on any atom is -0.472 e. The first-order valence-corrected chi connectivity index (χ1v) is 8.51. The zero-order valence-corrected chi connectivity index (χ0v) is 15.0. The van der Waals surface area contributed by atoms with Gasteiger partial charge in [0, 0.05) is 18.2 Å². The number of benzene rings is 1. The van der Waals surface area contributed by atoms with Gasteiger partial charge in [-0.2, -0.15) is 5.26 Å². The van der Waals surface area contributed by atoms with Crippen molar-refractivity contribution in [2.24, 2.45) is 0 Å². The number of carbonyl (C=O) groups is 1. The lowest BCUT2D eigenvalue weighted by atomic mass is 10.1. The van der Waals surface area contributed by atoms with E-state index in [1.54, 1.807) is 21.7 Å². The van der Waals surface area contributed by atoms with E-state index in [2.05, 4.69) is 11.7 Å². The standard InChI is InChI=1S/C20H19FN4O2/c1-3-14(4-2)13-27-19-10-18-12-24(5-6-25(18)23-19)20(26)16-7-15(11-22)8-17(21)9-16/h3-4,7-10H,1,5-6,12-13H2,2H3/b14-4+. The maximum absolute atomic E-state index is 13.6. The van der Waals surface area contributed by atoms with Crippen molar-refractivity contribution in [2.75, 3.05) is 13.2 Å². The minimum absolute atomic E-state index is 0.123. The van der Waals surface area contributed by atoms with Gasteiger partial charge >= 0.3 is 0 Å². The lowest BCUT2D eigenvalue weighted by Crippen LogP contribution is -2.38. The van der Waals surface area contributed by atoms with Crippen molar-refractivity contribution in [1.29, 1.82) is 5.26 Å². The molecule has 0 fully saturated rings. The van der Waals surface area contributed by atoms with E-state index in [9.17, 15) is 9.18 Å². The molecule has 6 nitrogen and oxygen atoms in total. The van der Waals surface area contributed by atoms with Crippen molar-refractivity contribution in [2.45, 2.75) is 20.0 Å². The summed E-state index contributed by atoms with van der Waals surface area (Å²) in [6.07, 6.45) is 3.64. The molecule has 138 valence electrons. The predicted molar refractivity (Wildman–Crippen MR) is 97.5 cm³/mol. The highest BCUT2D eigenvalue weighted by Crippen LogP contribution is 2.21. The summed E-state index contributed by atoms with van der Waals surface area (Å²) in [5, 5.41) is 13.4. The average Bonchev–Trinajstić information content (AvgIpc) is 3.09. The third-order valence-electron chi connectivity index (χ3n) is 4.36. The van der Waals surface area contributed by atoms with Crippen LogP contribution in [0.2, 0.25) is 0 Å². The molecule has 0 saturated heterocycles. The van der Waals surface area contributed by atoms with Gasteiger partial charge in [-0.05, 0) is 30.7 Å². The summed E-state index contributed by atoms with van der Waals surface area (Å²) in [6, 6.07) is 7.32. The number of ether oxygens (including phenoxy) is 1. The van der Waals surface area contributed by atoms with E-state index in [1.807, 2.05) is 19.1 Å². The first kappa shape index (κ1) is 18.4. The van der Waals surface area contributed by atoms with E-state index >= 15 is 0 Å². The van der Waals surface area contributed by atoms with Gasteiger partial charge < -0.3 is 9.64 Å². The molecule has 0 radical (unpaired) electrons. The molecular weight excluding hydrogens is 347 g/mol. The van der Waals surface area contributed by atoms with Crippen molar-refractivity contribution >= 4 is 5.91 Å². The Bertz CT molecular complexity index is 955. The summed E-state index contributed by atoms with van der Waals surface area (Å²) >= 11 is 0. The number of allylic oxidation sites excluding steroid dienone is 1. The number of nitrogens with zero attached hydrogens (tertiary/aromatic N) is 4. The van der Waals surface area contributed by atoms with Crippen LogP contribution < -0.4 is 4.74 Å². The summed E-state index contributed by atoms with van der Waals surface area (Å²) in [5.74, 6) is -0.432. The minimum atomic E-state index is -0.600. The average molecular weight is 366 g/mol. The molecule has 1 aromatic carbocycles. The fourth-order valence-corrected chi connectivity index (χ4v) is 2.86. The second-order valence-corrected chi connectivity index (χ2v) is 6.12. The highest BCUT2D eigenvalue weighted by molar-refractivity contribution is 5.94. The molecule has 0 saturated carbocycles. The fourth-order valence-electron chi connectivity index (χ4n) is 2.86. The van der Waals surface area contributed by atoms with Crippen LogP contribution in [-0.4, -0.2) is 33.7 Å². The molecule has 0 spiro atoms. The highest BCUT2D eigenvalue weighted by atomic mass is 19.1. The van der Waals surface area contributed by atoms with Gasteiger partial charge in [0.25, 0.3) is 5.91 Å². The first-order valence-electron chi connectivity index (χ1n) is 8.51. The lowest BCUT2D eigenvalue weighted by Gasteiger charge is -2.27. The van der Waals surface area contributed by atoms with Gasteiger partial charge in [-0.1, -0.05) is 18.7 Å². The summed E-state index contributed by atoms with van der Waals surface area (Å²) in [5.41, 5.74) is 2.08. The quantitative estimate of drug-likeness (QED) is 0.763. The zero-order valence-electron chi connectivity index (χ0n) is 15.0. The van der Waals surface area contributed by atoms with Crippen molar-refractivity contribution in [3.05, 3.63) is 71.2 Å². The third-order valence-corrected chi connectivity index (χ3v) is 4.36. The Hall–Kier alpha value is -3.40. The molecule has 1 aromatic heterocycles. The van der Waals surface area contributed by atoms with E-state index in [0.29, 0.717) is 32.1 Å².